The lowest BCUT2D eigenvalue weighted by atomic mass is 10.5. The van der Waals surface area contributed by atoms with E-state index in [-0.39, 0.29) is 10.7 Å². The lowest BCUT2D eigenvalue weighted by molar-refractivity contribution is -0.388. The topological polar surface area (TPSA) is 111 Å². The SMILES string of the molecule is CNc1ncc([N+](=O)[O-])c(Sc2nnc3ccccn23)n1. The van der Waals surface area contributed by atoms with Crippen molar-refractivity contribution >= 4 is 29.0 Å². The summed E-state index contributed by atoms with van der Waals surface area (Å²) in [4.78, 5) is 18.5. The Morgan fingerprint density at radius 1 is 1.38 bits per heavy atom. The number of anilines is 1. The molecule has 106 valence electrons. The Morgan fingerprint density at radius 2 is 2.24 bits per heavy atom. The first-order valence-electron chi connectivity index (χ1n) is 5.86. The number of nitrogens with zero attached hydrogens (tertiary/aromatic N) is 6. The Morgan fingerprint density at radius 3 is 3.00 bits per heavy atom. The molecule has 0 spiro atoms. The highest BCUT2D eigenvalue weighted by atomic mass is 32.2. The van der Waals surface area contributed by atoms with Gasteiger partial charge in [0, 0.05) is 13.2 Å². The van der Waals surface area contributed by atoms with Gasteiger partial charge < -0.3 is 5.32 Å². The molecule has 0 bridgehead atoms. The zero-order chi connectivity index (χ0) is 14.8. The van der Waals surface area contributed by atoms with E-state index in [0.717, 1.165) is 11.8 Å². The number of pyridine rings is 1. The lowest BCUT2D eigenvalue weighted by Gasteiger charge is -2.03. The average Bonchev–Trinajstić information content (AvgIpc) is 2.90. The highest BCUT2D eigenvalue weighted by molar-refractivity contribution is 7.99. The lowest BCUT2D eigenvalue weighted by Crippen LogP contribution is -2.01. The summed E-state index contributed by atoms with van der Waals surface area (Å²) in [5.74, 6) is 0.303. The zero-order valence-corrected chi connectivity index (χ0v) is 11.6. The third-order valence-corrected chi connectivity index (χ3v) is 3.58. The van der Waals surface area contributed by atoms with Gasteiger partial charge in [-0.05, 0) is 23.9 Å². The van der Waals surface area contributed by atoms with Crippen LogP contribution in [0.15, 0.2) is 40.8 Å². The van der Waals surface area contributed by atoms with Gasteiger partial charge in [-0.3, -0.25) is 14.5 Å². The molecule has 0 aliphatic heterocycles. The van der Waals surface area contributed by atoms with E-state index >= 15 is 0 Å². The Hall–Kier alpha value is -2.75. The van der Waals surface area contributed by atoms with Gasteiger partial charge in [-0.25, -0.2) is 4.98 Å². The number of hydrogen-bond donors (Lipinski definition) is 1. The summed E-state index contributed by atoms with van der Waals surface area (Å²) >= 11 is 1.06. The molecule has 0 radical (unpaired) electrons. The molecular formula is C11H9N7O2S. The molecule has 0 aliphatic carbocycles. The minimum Gasteiger partial charge on any atom is -0.357 e. The van der Waals surface area contributed by atoms with Crippen LogP contribution in [0, 0.1) is 10.1 Å². The summed E-state index contributed by atoms with van der Waals surface area (Å²) in [5.41, 5.74) is 0.484. The van der Waals surface area contributed by atoms with Crippen LogP contribution in [0.1, 0.15) is 0 Å². The maximum atomic E-state index is 11.1. The Labute approximate surface area is 122 Å². The molecule has 3 aromatic heterocycles. The van der Waals surface area contributed by atoms with Crippen LogP contribution >= 0.6 is 11.8 Å². The van der Waals surface area contributed by atoms with Gasteiger partial charge in [0.25, 0.3) is 0 Å². The van der Waals surface area contributed by atoms with Gasteiger partial charge in [-0.15, -0.1) is 10.2 Å². The number of aromatic nitrogens is 5. The number of rotatable bonds is 4. The van der Waals surface area contributed by atoms with E-state index in [1.54, 1.807) is 23.7 Å². The van der Waals surface area contributed by atoms with E-state index in [1.165, 1.54) is 6.20 Å². The van der Waals surface area contributed by atoms with Crippen LogP contribution < -0.4 is 5.32 Å². The molecule has 3 rings (SSSR count). The normalized spacial score (nSPS) is 10.7. The van der Waals surface area contributed by atoms with E-state index in [1.807, 2.05) is 12.1 Å². The largest absolute Gasteiger partial charge is 0.357 e. The molecule has 0 unspecified atom stereocenters. The fourth-order valence-electron chi connectivity index (χ4n) is 1.66. The van der Waals surface area contributed by atoms with Gasteiger partial charge in [0.05, 0.1) is 4.92 Å². The van der Waals surface area contributed by atoms with Crippen molar-refractivity contribution in [1.82, 2.24) is 24.6 Å². The van der Waals surface area contributed by atoms with Crippen molar-refractivity contribution in [3.8, 4) is 0 Å². The molecule has 0 saturated heterocycles. The molecule has 9 nitrogen and oxygen atoms in total. The highest BCUT2D eigenvalue weighted by Crippen LogP contribution is 2.32. The summed E-state index contributed by atoms with van der Waals surface area (Å²) in [6.45, 7) is 0. The maximum Gasteiger partial charge on any atom is 0.320 e. The fourth-order valence-corrected chi connectivity index (χ4v) is 2.53. The van der Waals surface area contributed by atoms with Crippen LogP contribution in [-0.2, 0) is 0 Å². The van der Waals surface area contributed by atoms with Gasteiger partial charge >= 0.3 is 5.69 Å². The van der Waals surface area contributed by atoms with Gasteiger partial charge in [-0.1, -0.05) is 6.07 Å². The van der Waals surface area contributed by atoms with Crippen LogP contribution in [0.2, 0.25) is 0 Å². The fraction of sp³-hybridized carbons (Fsp3) is 0.0909. The second kappa shape index (κ2) is 5.32. The summed E-state index contributed by atoms with van der Waals surface area (Å²) in [6.07, 6.45) is 2.95. The van der Waals surface area contributed by atoms with Crippen LogP contribution in [0.25, 0.3) is 5.65 Å². The first kappa shape index (κ1) is 13.2. The first-order valence-corrected chi connectivity index (χ1v) is 6.67. The van der Waals surface area contributed by atoms with Crippen LogP contribution in [0.3, 0.4) is 0 Å². The van der Waals surface area contributed by atoms with E-state index < -0.39 is 4.92 Å². The first-order chi connectivity index (χ1) is 10.2. The van der Waals surface area contributed by atoms with Gasteiger partial charge in [0.2, 0.25) is 11.1 Å². The minimum atomic E-state index is -0.523. The molecule has 1 N–H and O–H groups in total. The molecule has 3 heterocycles. The molecule has 0 aromatic carbocycles. The monoisotopic (exact) mass is 303 g/mol. The molecular weight excluding hydrogens is 294 g/mol. The van der Waals surface area contributed by atoms with Crippen molar-refractivity contribution in [2.24, 2.45) is 0 Å². The highest BCUT2D eigenvalue weighted by Gasteiger charge is 2.20. The van der Waals surface area contributed by atoms with E-state index in [9.17, 15) is 10.1 Å². The Balaban J connectivity index is 2.06. The van der Waals surface area contributed by atoms with Crippen LogP contribution in [-0.4, -0.2) is 36.5 Å². The van der Waals surface area contributed by atoms with Gasteiger partial charge in [0.1, 0.15) is 6.20 Å². The van der Waals surface area contributed by atoms with Crippen molar-refractivity contribution in [2.75, 3.05) is 12.4 Å². The predicted octanol–water partition coefficient (Wildman–Crippen LogP) is 1.62. The Kier molecular flexibility index (Phi) is 3.36. The van der Waals surface area contributed by atoms with Crippen molar-refractivity contribution < 1.29 is 4.92 Å². The smallest absolute Gasteiger partial charge is 0.320 e. The molecule has 0 saturated carbocycles. The van der Waals surface area contributed by atoms with Gasteiger partial charge in [0.15, 0.2) is 10.7 Å². The number of nitro groups is 1. The molecule has 21 heavy (non-hydrogen) atoms. The second-order valence-electron chi connectivity index (χ2n) is 3.90. The number of fused-ring (bicyclic) bond motifs is 1. The van der Waals surface area contributed by atoms with E-state index in [4.69, 9.17) is 0 Å². The molecule has 10 heteroatoms. The van der Waals surface area contributed by atoms with E-state index in [2.05, 4.69) is 25.5 Å². The zero-order valence-electron chi connectivity index (χ0n) is 10.8. The van der Waals surface area contributed by atoms with Crippen molar-refractivity contribution in [3.05, 3.63) is 40.7 Å². The van der Waals surface area contributed by atoms with Crippen LogP contribution in [0.4, 0.5) is 11.6 Å². The maximum absolute atomic E-state index is 11.1. The molecule has 0 amide bonds. The van der Waals surface area contributed by atoms with E-state index in [0.29, 0.717) is 16.8 Å². The molecule has 0 atom stereocenters. The quantitative estimate of drug-likeness (QED) is 0.439. The molecule has 3 aromatic rings. The standard InChI is InChI=1S/C11H9N7O2S/c1-12-10-13-6-7(18(19)20)9(14-10)21-11-16-15-8-4-2-3-5-17(8)11/h2-6H,1H3,(H,12,13,14). The van der Waals surface area contributed by atoms with Crippen LogP contribution in [0.5, 0.6) is 0 Å². The predicted molar refractivity (Wildman–Crippen MR) is 75.3 cm³/mol. The Bertz CT molecular complexity index is 819. The molecule has 0 fully saturated rings. The molecule has 0 aliphatic rings. The van der Waals surface area contributed by atoms with Crippen molar-refractivity contribution in [3.63, 3.8) is 0 Å². The number of nitrogens with one attached hydrogen (secondary N) is 1. The number of hydrogen-bond acceptors (Lipinski definition) is 8. The van der Waals surface area contributed by atoms with Crippen molar-refractivity contribution in [2.45, 2.75) is 10.2 Å². The summed E-state index contributed by atoms with van der Waals surface area (Å²) in [5, 5.41) is 22.5. The summed E-state index contributed by atoms with van der Waals surface area (Å²) in [6, 6.07) is 5.46. The average molecular weight is 303 g/mol. The summed E-state index contributed by atoms with van der Waals surface area (Å²) < 4.78 is 1.73. The summed E-state index contributed by atoms with van der Waals surface area (Å²) in [7, 11) is 1.64. The van der Waals surface area contributed by atoms with Crippen molar-refractivity contribution in [1.29, 1.82) is 0 Å². The second-order valence-corrected chi connectivity index (χ2v) is 4.86. The third-order valence-electron chi connectivity index (χ3n) is 2.63. The van der Waals surface area contributed by atoms with Gasteiger partial charge in [-0.2, -0.15) is 4.98 Å². The third kappa shape index (κ3) is 2.48. The minimum absolute atomic E-state index is 0.174.